The molecular weight excluding hydrogens is 230 g/mol. The summed E-state index contributed by atoms with van der Waals surface area (Å²) < 4.78 is 16.2. The Morgan fingerprint density at radius 2 is 2.11 bits per heavy atom. The summed E-state index contributed by atoms with van der Waals surface area (Å²) in [6.45, 7) is 9.57. The van der Waals surface area contributed by atoms with Gasteiger partial charge in [0, 0.05) is 51.5 Å². The second-order valence-corrected chi connectivity index (χ2v) is 5.55. The molecule has 0 aromatic heterocycles. The van der Waals surface area contributed by atoms with Crippen LogP contribution in [-0.2, 0) is 14.2 Å². The van der Waals surface area contributed by atoms with Crippen LogP contribution in [0.5, 0.6) is 0 Å². The molecule has 1 fully saturated rings. The van der Waals surface area contributed by atoms with Crippen molar-refractivity contribution in [2.45, 2.75) is 39.2 Å². The van der Waals surface area contributed by atoms with Gasteiger partial charge in [-0.3, -0.25) is 0 Å². The minimum absolute atomic E-state index is 0.283. The summed E-state index contributed by atoms with van der Waals surface area (Å²) >= 11 is 0. The molecule has 1 aliphatic heterocycles. The van der Waals surface area contributed by atoms with Gasteiger partial charge in [0.1, 0.15) is 0 Å². The van der Waals surface area contributed by atoms with Gasteiger partial charge in [0.15, 0.2) is 0 Å². The topological polar surface area (TPSA) is 39.7 Å². The van der Waals surface area contributed by atoms with Crippen molar-refractivity contribution < 1.29 is 14.2 Å². The van der Waals surface area contributed by atoms with Crippen molar-refractivity contribution in [2.24, 2.45) is 5.41 Å². The van der Waals surface area contributed by atoms with E-state index in [-0.39, 0.29) is 5.41 Å². The number of hydrogen-bond donors (Lipinski definition) is 1. The number of ether oxygens (including phenoxy) is 3. The average Bonchev–Trinajstić information content (AvgIpc) is 2.81. The molecule has 4 heteroatoms. The van der Waals surface area contributed by atoms with Crippen LogP contribution in [0.25, 0.3) is 0 Å². The molecule has 0 amide bonds. The standard InChI is InChI=1S/C14H29NO3/c1-13(2)15-11-14(6-10-18-12-14)5-9-17-8-4-7-16-3/h13,15H,4-12H2,1-3H3. The molecule has 0 aromatic rings. The fourth-order valence-electron chi connectivity index (χ4n) is 2.19. The van der Waals surface area contributed by atoms with Crippen LogP contribution in [0.2, 0.25) is 0 Å². The van der Waals surface area contributed by atoms with Crippen molar-refractivity contribution in [3.63, 3.8) is 0 Å². The van der Waals surface area contributed by atoms with Gasteiger partial charge in [0.25, 0.3) is 0 Å². The Labute approximate surface area is 111 Å². The molecule has 4 nitrogen and oxygen atoms in total. The molecule has 1 atom stereocenters. The summed E-state index contributed by atoms with van der Waals surface area (Å²) in [5, 5.41) is 3.53. The lowest BCUT2D eigenvalue weighted by molar-refractivity contribution is 0.0672. The summed E-state index contributed by atoms with van der Waals surface area (Å²) in [6.07, 6.45) is 3.21. The predicted molar refractivity (Wildman–Crippen MR) is 72.9 cm³/mol. The number of rotatable bonds is 10. The second kappa shape index (κ2) is 8.86. The molecule has 108 valence electrons. The number of nitrogens with one attached hydrogen (secondary N) is 1. The minimum Gasteiger partial charge on any atom is -0.385 e. The first-order valence-corrected chi connectivity index (χ1v) is 7.06. The lowest BCUT2D eigenvalue weighted by Gasteiger charge is -2.28. The lowest BCUT2D eigenvalue weighted by Crippen LogP contribution is -2.39. The van der Waals surface area contributed by atoms with Gasteiger partial charge in [-0.2, -0.15) is 0 Å². The molecule has 1 saturated heterocycles. The van der Waals surface area contributed by atoms with E-state index in [2.05, 4.69) is 19.2 Å². The molecule has 1 unspecified atom stereocenters. The Hall–Kier alpha value is -0.160. The van der Waals surface area contributed by atoms with Crippen LogP contribution in [0.3, 0.4) is 0 Å². The molecule has 0 saturated carbocycles. The van der Waals surface area contributed by atoms with E-state index in [0.717, 1.165) is 58.8 Å². The third-order valence-corrected chi connectivity index (χ3v) is 3.48. The average molecular weight is 259 g/mol. The maximum absolute atomic E-state index is 5.67. The molecule has 0 radical (unpaired) electrons. The highest BCUT2D eigenvalue weighted by atomic mass is 16.5. The van der Waals surface area contributed by atoms with E-state index in [4.69, 9.17) is 14.2 Å². The van der Waals surface area contributed by atoms with Gasteiger partial charge >= 0.3 is 0 Å². The summed E-state index contributed by atoms with van der Waals surface area (Å²) in [4.78, 5) is 0. The summed E-state index contributed by atoms with van der Waals surface area (Å²) in [7, 11) is 1.72. The molecule has 1 rings (SSSR count). The largest absolute Gasteiger partial charge is 0.385 e. The second-order valence-electron chi connectivity index (χ2n) is 5.55. The van der Waals surface area contributed by atoms with E-state index >= 15 is 0 Å². The third kappa shape index (κ3) is 6.14. The first kappa shape index (κ1) is 15.9. The van der Waals surface area contributed by atoms with Crippen LogP contribution < -0.4 is 5.32 Å². The molecule has 1 N–H and O–H groups in total. The Kier molecular flexibility index (Phi) is 7.82. The van der Waals surface area contributed by atoms with Crippen LogP contribution in [-0.4, -0.2) is 52.7 Å². The molecular formula is C14H29NO3. The predicted octanol–water partition coefficient (Wildman–Crippen LogP) is 1.83. The Morgan fingerprint density at radius 3 is 2.72 bits per heavy atom. The van der Waals surface area contributed by atoms with Gasteiger partial charge in [-0.15, -0.1) is 0 Å². The van der Waals surface area contributed by atoms with Crippen molar-refractivity contribution in [1.29, 1.82) is 0 Å². The van der Waals surface area contributed by atoms with Gasteiger partial charge in [-0.25, -0.2) is 0 Å². The molecule has 1 heterocycles. The van der Waals surface area contributed by atoms with Crippen molar-refractivity contribution in [3.05, 3.63) is 0 Å². The zero-order valence-corrected chi connectivity index (χ0v) is 12.2. The Bertz CT molecular complexity index is 203. The summed E-state index contributed by atoms with van der Waals surface area (Å²) in [5.74, 6) is 0. The normalized spacial score (nSPS) is 24.0. The first-order chi connectivity index (χ1) is 8.68. The van der Waals surface area contributed by atoms with Crippen LogP contribution in [0, 0.1) is 5.41 Å². The van der Waals surface area contributed by atoms with Crippen LogP contribution >= 0.6 is 0 Å². The van der Waals surface area contributed by atoms with E-state index in [1.54, 1.807) is 7.11 Å². The summed E-state index contributed by atoms with van der Waals surface area (Å²) in [6, 6.07) is 0.532. The van der Waals surface area contributed by atoms with Gasteiger partial charge in [-0.05, 0) is 19.3 Å². The van der Waals surface area contributed by atoms with Crippen molar-refractivity contribution in [1.82, 2.24) is 5.32 Å². The van der Waals surface area contributed by atoms with Gasteiger partial charge in [0.05, 0.1) is 6.61 Å². The lowest BCUT2D eigenvalue weighted by atomic mass is 9.84. The fraction of sp³-hybridized carbons (Fsp3) is 1.00. The van der Waals surface area contributed by atoms with E-state index in [1.807, 2.05) is 0 Å². The third-order valence-electron chi connectivity index (χ3n) is 3.48. The molecule has 0 aliphatic carbocycles. The minimum atomic E-state index is 0.283. The van der Waals surface area contributed by atoms with E-state index in [0.29, 0.717) is 6.04 Å². The van der Waals surface area contributed by atoms with Crippen molar-refractivity contribution in [2.75, 3.05) is 46.7 Å². The van der Waals surface area contributed by atoms with Crippen molar-refractivity contribution in [3.8, 4) is 0 Å². The van der Waals surface area contributed by atoms with E-state index in [1.165, 1.54) is 0 Å². The number of methoxy groups -OCH3 is 1. The monoisotopic (exact) mass is 259 g/mol. The zero-order chi connectivity index (χ0) is 13.3. The Morgan fingerprint density at radius 1 is 1.28 bits per heavy atom. The quantitative estimate of drug-likeness (QED) is 0.608. The smallest absolute Gasteiger partial charge is 0.0536 e. The highest BCUT2D eigenvalue weighted by molar-refractivity contribution is 4.85. The fourth-order valence-corrected chi connectivity index (χ4v) is 2.19. The molecule has 0 spiro atoms. The maximum atomic E-state index is 5.67. The molecule has 18 heavy (non-hydrogen) atoms. The zero-order valence-electron chi connectivity index (χ0n) is 12.2. The van der Waals surface area contributed by atoms with Gasteiger partial charge in [0.2, 0.25) is 0 Å². The highest BCUT2D eigenvalue weighted by Crippen LogP contribution is 2.31. The van der Waals surface area contributed by atoms with Gasteiger partial charge < -0.3 is 19.5 Å². The van der Waals surface area contributed by atoms with E-state index < -0.39 is 0 Å². The Balaban J connectivity index is 2.17. The summed E-state index contributed by atoms with van der Waals surface area (Å²) in [5.41, 5.74) is 0.283. The van der Waals surface area contributed by atoms with Crippen LogP contribution in [0.15, 0.2) is 0 Å². The van der Waals surface area contributed by atoms with Gasteiger partial charge in [-0.1, -0.05) is 13.8 Å². The van der Waals surface area contributed by atoms with E-state index in [9.17, 15) is 0 Å². The molecule has 0 bridgehead atoms. The highest BCUT2D eigenvalue weighted by Gasteiger charge is 2.34. The van der Waals surface area contributed by atoms with Crippen LogP contribution in [0.4, 0.5) is 0 Å². The molecule has 0 aromatic carbocycles. The number of hydrogen-bond acceptors (Lipinski definition) is 4. The maximum Gasteiger partial charge on any atom is 0.0536 e. The molecule has 1 aliphatic rings. The first-order valence-electron chi connectivity index (χ1n) is 7.06. The van der Waals surface area contributed by atoms with Crippen molar-refractivity contribution >= 4 is 0 Å². The van der Waals surface area contributed by atoms with Crippen LogP contribution in [0.1, 0.15) is 33.1 Å². The SMILES string of the molecule is COCCCOCCC1(CNC(C)C)CCOC1.